The number of amides is 8. The fraction of sp³-hybridized carbons (Fsp3) is 0.433. The molecule has 6 N–H and O–H groups in total. The van der Waals surface area contributed by atoms with E-state index in [2.05, 4.69) is 31.9 Å². The van der Waals surface area contributed by atoms with Crippen LogP contribution in [0.3, 0.4) is 0 Å². The lowest BCUT2D eigenvalue weighted by atomic mass is 9.85. The molecule has 0 spiro atoms. The fourth-order valence-electron chi connectivity index (χ4n) is 10.8. The second-order valence-corrected chi connectivity index (χ2v) is 25.5. The Labute approximate surface area is 508 Å². The fourth-order valence-corrected chi connectivity index (χ4v) is 10.8. The van der Waals surface area contributed by atoms with Crippen LogP contribution in [-0.4, -0.2) is 157 Å². The molecule has 8 amide bonds. The third-order valence-corrected chi connectivity index (χ3v) is 16.5. The number of benzene rings is 5. The third-order valence-electron chi connectivity index (χ3n) is 16.5. The van der Waals surface area contributed by atoms with Crippen LogP contribution in [0.4, 0.5) is 0 Å². The van der Waals surface area contributed by atoms with E-state index in [-0.39, 0.29) is 43.0 Å². The van der Waals surface area contributed by atoms with E-state index in [0.717, 1.165) is 33.4 Å². The van der Waals surface area contributed by atoms with E-state index >= 15 is 0 Å². The highest BCUT2D eigenvalue weighted by Gasteiger charge is 2.48. The molecular formula is C67H85BN10O8. The van der Waals surface area contributed by atoms with Crippen LogP contribution < -0.4 is 31.9 Å². The molecular weight excluding hydrogens is 1080 g/mol. The van der Waals surface area contributed by atoms with Gasteiger partial charge in [-0.1, -0.05) is 162 Å². The highest BCUT2D eigenvalue weighted by molar-refractivity contribution is 6.07. The van der Waals surface area contributed by atoms with Crippen molar-refractivity contribution in [1.29, 1.82) is 0 Å². The van der Waals surface area contributed by atoms with Crippen LogP contribution >= 0.6 is 0 Å². The topological polar surface area (TPSA) is 222 Å². The number of nitrogens with one attached hydrogen (secondary N) is 6. The SMILES string of the molecule is [B]N(C)[C@@H](C)C(=O)N[C@H](C(=O)N1C[C@@H](NC(=O)c2ccc(C(=O)N[C@H]3C[C@@H](C(=O)N[C@H](c4ccccc4)c4ccc(C)cc4)N(C(=O)[C@@H](NC(=O)[C@H](C)N(C)C)C(C)(C)C)C3)cc2)C[C@H]1C(=O)N[C@H](c1ccccc1)c1ccc(C)cc1)C(C)(C)C. The summed E-state index contributed by atoms with van der Waals surface area (Å²) >= 11 is 0. The molecule has 7 rings (SSSR count). The van der Waals surface area contributed by atoms with E-state index in [4.69, 9.17) is 7.98 Å². The van der Waals surface area contributed by atoms with Crippen molar-refractivity contribution in [3.05, 3.63) is 178 Å². The van der Waals surface area contributed by atoms with Crippen molar-refractivity contribution in [3.8, 4) is 0 Å². The van der Waals surface area contributed by atoms with Crippen LogP contribution in [0.25, 0.3) is 0 Å². The van der Waals surface area contributed by atoms with Crippen molar-refractivity contribution in [2.24, 2.45) is 10.8 Å². The molecule has 2 aliphatic rings. The third kappa shape index (κ3) is 16.2. The molecule has 2 radical (unpaired) electrons. The van der Waals surface area contributed by atoms with Crippen molar-refractivity contribution >= 4 is 55.2 Å². The molecule has 2 aliphatic heterocycles. The minimum absolute atomic E-state index is 0.0405. The van der Waals surface area contributed by atoms with Gasteiger partial charge in [0.05, 0.1) is 24.2 Å². The first-order valence-electron chi connectivity index (χ1n) is 29.4. The van der Waals surface area contributed by atoms with Gasteiger partial charge in [-0.05, 0) is 119 Å². The number of rotatable bonds is 20. The number of aryl methyl sites for hydroxylation is 2. The van der Waals surface area contributed by atoms with Crippen LogP contribution in [0, 0.1) is 24.7 Å². The molecule has 0 aliphatic carbocycles. The highest BCUT2D eigenvalue weighted by Crippen LogP contribution is 2.32. The van der Waals surface area contributed by atoms with Crippen molar-refractivity contribution in [2.45, 2.75) is 142 Å². The molecule has 0 saturated carbocycles. The summed E-state index contributed by atoms with van der Waals surface area (Å²) in [6.07, 6.45) is 0.104. The van der Waals surface area contributed by atoms with Crippen molar-refractivity contribution < 1.29 is 38.4 Å². The number of nitrogens with zero attached hydrogens (tertiary/aromatic N) is 4. The van der Waals surface area contributed by atoms with Gasteiger partial charge in [0.1, 0.15) is 24.2 Å². The van der Waals surface area contributed by atoms with Crippen LogP contribution in [-0.2, 0) is 28.8 Å². The van der Waals surface area contributed by atoms with E-state index in [1.807, 2.05) is 165 Å². The Morgan fingerprint density at radius 1 is 0.477 bits per heavy atom. The van der Waals surface area contributed by atoms with Gasteiger partial charge < -0.3 is 46.5 Å². The molecule has 19 heteroatoms. The first-order valence-corrected chi connectivity index (χ1v) is 29.4. The smallest absolute Gasteiger partial charge is 0.251 e. The largest absolute Gasteiger partial charge is 0.347 e. The van der Waals surface area contributed by atoms with Gasteiger partial charge in [0.2, 0.25) is 35.4 Å². The molecule has 0 unspecified atom stereocenters. The summed E-state index contributed by atoms with van der Waals surface area (Å²) in [5, 5.41) is 18.4. The zero-order valence-corrected chi connectivity index (χ0v) is 51.9. The van der Waals surface area contributed by atoms with Gasteiger partial charge in [0, 0.05) is 36.3 Å². The summed E-state index contributed by atoms with van der Waals surface area (Å²) in [5.74, 6) is -3.73. The van der Waals surface area contributed by atoms with Gasteiger partial charge in [-0.15, -0.1) is 0 Å². The molecule has 454 valence electrons. The molecule has 86 heavy (non-hydrogen) atoms. The number of carbonyl (C=O) groups excluding carboxylic acids is 8. The Kier molecular flexibility index (Phi) is 21.2. The van der Waals surface area contributed by atoms with Crippen LogP contribution in [0.2, 0.25) is 0 Å². The monoisotopic (exact) mass is 1170 g/mol. The summed E-state index contributed by atoms with van der Waals surface area (Å²) in [4.78, 5) is 121. The molecule has 10 atom stereocenters. The molecule has 0 aromatic heterocycles. The van der Waals surface area contributed by atoms with E-state index in [1.54, 1.807) is 39.9 Å². The number of likely N-dealkylation sites (tertiary alicyclic amines) is 2. The van der Waals surface area contributed by atoms with E-state index in [0.29, 0.717) is 0 Å². The van der Waals surface area contributed by atoms with Gasteiger partial charge in [-0.2, -0.15) is 0 Å². The van der Waals surface area contributed by atoms with E-state index in [1.165, 1.54) is 38.9 Å². The Balaban J connectivity index is 1.11. The predicted octanol–water partition coefficient (Wildman–Crippen LogP) is 5.93. The lowest BCUT2D eigenvalue weighted by Gasteiger charge is -2.36. The second kappa shape index (κ2) is 27.9. The van der Waals surface area contributed by atoms with Crippen molar-refractivity contribution in [2.75, 3.05) is 34.2 Å². The molecule has 18 nitrogen and oxygen atoms in total. The normalized spacial score (nSPS) is 19.1. The maximum absolute atomic E-state index is 14.9. The Morgan fingerprint density at radius 2 is 0.802 bits per heavy atom. The molecule has 5 aromatic rings. The zero-order chi connectivity index (χ0) is 62.9. The van der Waals surface area contributed by atoms with Crippen LogP contribution in [0.5, 0.6) is 0 Å². The van der Waals surface area contributed by atoms with E-state index < -0.39 is 113 Å². The molecule has 5 aromatic carbocycles. The summed E-state index contributed by atoms with van der Waals surface area (Å²) in [5.41, 5.74) is 4.21. The van der Waals surface area contributed by atoms with Crippen molar-refractivity contribution in [3.63, 3.8) is 0 Å². The maximum atomic E-state index is 14.9. The number of hydrogen-bond donors (Lipinski definition) is 6. The first-order chi connectivity index (χ1) is 40.5. The van der Waals surface area contributed by atoms with Crippen molar-refractivity contribution in [1.82, 2.24) is 51.4 Å². The summed E-state index contributed by atoms with van der Waals surface area (Å²) in [7, 11) is 11.0. The number of likely N-dealkylation sites (N-methyl/N-ethyl adjacent to an activating group) is 2. The van der Waals surface area contributed by atoms with Gasteiger partial charge >= 0.3 is 0 Å². The minimum Gasteiger partial charge on any atom is -0.347 e. The summed E-state index contributed by atoms with van der Waals surface area (Å²) in [6.45, 7) is 18.2. The highest BCUT2D eigenvalue weighted by atomic mass is 16.2. The summed E-state index contributed by atoms with van der Waals surface area (Å²) in [6, 6.07) is 32.5. The number of carbonyl (C=O) groups is 8. The van der Waals surface area contributed by atoms with E-state index in [9.17, 15) is 38.4 Å². The quantitative estimate of drug-likeness (QED) is 0.0505. The second-order valence-electron chi connectivity index (χ2n) is 25.5. The van der Waals surface area contributed by atoms with Gasteiger partial charge in [-0.3, -0.25) is 43.3 Å². The standard InChI is InChI=1S/C67H85BN10O8/c1-40-24-28-46(29-25-40)54(44-20-16-14-17-21-44)71-62(83)52-36-50(38-77(52)64(85)56(66(5,6)7)73-58(79)42(3)75(11)12)69-60(81)48-32-34-49(35-33-48)61(82)70-51-37-53(78(39-51)65(86)57(67(8,9)10)74-59(80)43(4)76(13)68)63(84)72-55(45-22-18-15-19-23-45)47-30-26-41(2)27-31-47/h14-35,42-43,50-57H,36-39H2,1-13H3,(H,69,81)(H,70,82)(H,71,83)(H,72,84)(H,73,79)(H,74,80)/t42-,43-,50-,51-,52-,53-,54+,55+,56+,57+/m0/s1. The van der Waals surface area contributed by atoms with Gasteiger partial charge in [-0.25, -0.2) is 0 Å². The van der Waals surface area contributed by atoms with Crippen LogP contribution in [0.1, 0.15) is 134 Å². The average molecular weight is 1170 g/mol. The lowest BCUT2D eigenvalue weighted by molar-refractivity contribution is -0.144. The Hall–Kier alpha value is -8.16. The number of hydrogen-bond acceptors (Lipinski definition) is 10. The Morgan fingerprint density at radius 3 is 1.12 bits per heavy atom. The lowest BCUT2D eigenvalue weighted by Crippen LogP contribution is -2.59. The molecule has 0 bridgehead atoms. The average Bonchev–Trinajstić information content (AvgIpc) is 1.88. The van der Waals surface area contributed by atoms with Gasteiger partial charge in [0.15, 0.2) is 7.98 Å². The zero-order valence-electron chi connectivity index (χ0n) is 51.9. The molecule has 2 fully saturated rings. The maximum Gasteiger partial charge on any atom is 0.251 e. The van der Waals surface area contributed by atoms with Crippen LogP contribution in [0.15, 0.2) is 133 Å². The Bertz CT molecular complexity index is 2990. The predicted molar refractivity (Wildman–Crippen MR) is 333 cm³/mol. The summed E-state index contributed by atoms with van der Waals surface area (Å²) < 4.78 is 0. The minimum atomic E-state index is -1.08. The molecule has 2 heterocycles. The first kappa shape index (κ1) is 65.4. The molecule has 2 saturated heterocycles. The van der Waals surface area contributed by atoms with Gasteiger partial charge in [0.25, 0.3) is 11.8 Å².